The Hall–Kier alpha value is -1.37. The maximum Gasteiger partial charge on any atom is 0.233 e. The number of carbonyl (C=O) groups excluding carboxylic acids is 2. The summed E-state index contributed by atoms with van der Waals surface area (Å²) in [6.07, 6.45) is 2.31. The second-order valence-corrected chi connectivity index (χ2v) is 5.07. The van der Waals surface area contributed by atoms with Crippen molar-refractivity contribution in [3.63, 3.8) is 0 Å². The van der Waals surface area contributed by atoms with E-state index in [1.165, 1.54) is 4.90 Å². The molecule has 0 N–H and O–H groups in total. The predicted octanol–water partition coefficient (Wildman–Crippen LogP) is 1.32. The third kappa shape index (κ3) is 1.51. The molecule has 2 bridgehead atoms. The molecule has 4 heteroatoms. The highest BCUT2D eigenvalue weighted by Crippen LogP contribution is 2.39. The van der Waals surface area contributed by atoms with Gasteiger partial charge in [0.05, 0.1) is 6.07 Å². The van der Waals surface area contributed by atoms with Gasteiger partial charge in [0.15, 0.2) is 0 Å². The van der Waals surface area contributed by atoms with Crippen molar-refractivity contribution in [3.05, 3.63) is 0 Å². The zero-order valence-electron chi connectivity index (χ0n) is 9.64. The van der Waals surface area contributed by atoms with E-state index in [0.717, 1.165) is 12.8 Å². The zero-order valence-corrected chi connectivity index (χ0v) is 9.64. The summed E-state index contributed by atoms with van der Waals surface area (Å²) < 4.78 is 0. The van der Waals surface area contributed by atoms with Crippen molar-refractivity contribution in [3.8, 4) is 6.07 Å². The van der Waals surface area contributed by atoms with E-state index in [4.69, 9.17) is 5.26 Å². The van der Waals surface area contributed by atoms with Crippen LogP contribution in [0.2, 0.25) is 0 Å². The number of hydrogen-bond acceptors (Lipinski definition) is 3. The summed E-state index contributed by atoms with van der Waals surface area (Å²) in [5.41, 5.74) is 0. The SMILES string of the molecule is CC(C)C(C#N)N1C(=O)C2CCC(C2)C1=O. The maximum atomic E-state index is 12.1. The summed E-state index contributed by atoms with van der Waals surface area (Å²) in [6, 6.07) is 1.49. The summed E-state index contributed by atoms with van der Waals surface area (Å²) in [7, 11) is 0. The van der Waals surface area contributed by atoms with Crippen LogP contribution < -0.4 is 0 Å². The van der Waals surface area contributed by atoms with E-state index in [-0.39, 0.29) is 29.6 Å². The third-order valence-electron chi connectivity index (χ3n) is 3.65. The van der Waals surface area contributed by atoms with Crippen LogP contribution in [0.25, 0.3) is 0 Å². The minimum absolute atomic E-state index is 0.00426. The molecular weight excluding hydrogens is 204 g/mol. The predicted molar refractivity (Wildman–Crippen MR) is 56.9 cm³/mol. The molecule has 3 unspecified atom stereocenters. The fraction of sp³-hybridized carbons (Fsp3) is 0.750. The molecule has 1 heterocycles. The Labute approximate surface area is 95.2 Å². The quantitative estimate of drug-likeness (QED) is 0.659. The van der Waals surface area contributed by atoms with Crippen LogP contribution in [-0.2, 0) is 9.59 Å². The van der Waals surface area contributed by atoms with Crippen molar-refractivity contribution >= 4 is 11.8 Å². The number of imide groups is 1. The second-order valence-electron chi connectivity index (χ2n) is 5.07. The number of fused-ring (bicyclic) bond motifs is 2. The number of hydrogen-bond donors (Lipinski definition) is 0. The second kappa shape index (κ2) is 3.89. The van der Waals surface area contributed by atoms with Crippen molar-refractivity contribution in [2.45, 2.75) is 39.2 Å². The molecule has 2 aliphatic rings. The lowest BCUT2D eigenvalue weighted by Gasteiger charge is -2.34. The largest absolute Gasteiger partial charge is 0.274 e. The fourth-order valence-corrected chi connectivity index (χ4v) is 2.71. The highest BCUT2D eigenvalue weighted by atomic mass is 16.2. The van der Waals surface area contributed by atoms with Gasteiger partial charge in [-0.15, -0.1) is 0 Å². The normalized spacial score (nSPS) is 30.8. The van der Waals surface area contributed by atoms with Gasteiger partial charge in [-0.3, -0.25) is 14.5 Å². The van der Waals surface area contributed by atoms with Crippen LogP contribution in [-0.4, -0.2) is 22.8 Å². The summed E-state index contributed by atoms with van der Waals surface area (Å²) in [5, 5.41) is 9.08. The lowest BCUT2D eigenvalue weighted by Crippen LogP contribution is -2.52. The number of piperidine rings is 1. The molecule has 1 saturated carbocycles. The van der Waals surface area contributed by atoms with Crippen molar-refractivity contribution in [1.82, 2.24) is 4.90 Å². The topological polar surface area (TPSA) is 61.2 Å². The molecule has 16 heavy (non-hydrogen) atoms. The van der Waals surface area contributed by atoms with Crippen LogP contribution in [0.3, 0.4) is 0 Å². The molecule has 1 aliphatic carbocycles. The Morgan fingerprint density at radius 3 is 2.12 bits per heavy atom. The molecule has 1 saturated heterocycles. The Balaban J connectivity index is 2.30. The minimum Gasteiger partial charge on any atom is -0.274 e. The molecular formula is C12H16N2O2. The molecule has 1 aliphatic heterocycles. The van der Waals surface area contributed by atoms with Crippen molar-refractivity contribution < 1.29 is 9.59 Å². The molecule has 86 valence electrons. The van der Waals surface area contributed by atoms with Crippen LogP contribution in [0.4, 0.5) is 0 Å². The summed E-state index contributed by atoms with van der Waals surface area (Å²) in [6.45, 7) is 3.73. The Kier molecular flexibility index (Phi) is 2.71. The van der Waals surface area contributed by atoms with Crippen LogP contribution in [0.5, 0.6) is 0 Å². The fourth-order valence-electron chi connectivity index (χ4n) is 2.71. The van der Waals surface area contributed by atoms with Gasteiger partial charge in [-0.1, -0.05) is 13.8 Å². The van der Waals surface area contributed by atoms with Gasteiger partial charge in [0.25, 0.3) is 0 Å². The minimum atomic E-state index is -0.594. The number of carbonyl (C=O) groups is 2. The molecule has 0 aromatic carbocycles. The molecule has 4 nitrogen and oxygen atoms in total. The molecule has 0 radical (unpaired) electrons. The summed E-state index contributed by atoms with van der Waals surface area (Å²) in [4.78, 5) is 25.3. The highest BCUT2D eigenvalue weighted by molar-refractivity contribution is 6.01. The number of amides is 2. The van der Waals surface area contributed by atoms with Gasteiger partial charge < -0.3 is 0 Å². The van der Waals surface area contributed by atoms with Gasteiger partial charge in [0.2, 0.25) is 11.8 Å². The average molecular weight is 220 g/mol. The van der Waals surface area contributed by atoms with Crippen LogP contribution >= 0.6 is 0 Å². The molecule has 3 atom stereocenters. The Morgan fingerprint density at radius 2 is 1.75 bits per heavy atom. The van der Waals surface area contributed by atoms with E-state index in [1.54, 1.807) is 0 Å². The third-order valence-corrected chi connectivity index (χ3v) is 3.65. The maximum absolute atomic E-state index is 12.1. The van der Waals surface area contributed by atoms with E-state index in [9.17, 15) is 9.59 Å². The van der Waals surface area contributed by atoms with Gasteiger partial charge >= 0.3 is 0 Å². The lowest BCUT2D eigenvalue weighted by molar-refractivity contribution is -0.155. The highest BCUT2D eigenvalue weighted by Gasteiger charge is 2.48. The van der Waals surface area contributed by atoms with E-state index in [1.807, 2.05) is 13.8 Å². The van der Waals surface area contributed by atoms with Gasteiger partial charge in [-0.25, -0.2) is 0 Å². The first-order valence-electron chi connectivity index (χ1n) is 5.82. The Bertz CT molecular complexity index is 348. The number of likely N-dealkylation sites (tertiary alicyclic amines) is 1. The van der Waals surface area contributed by atoms with Gasteiger partial charge in [0.1, 0.15) is 6.04 Å². The van der Waals surface area contributed by atoms with E-state index >= 15 is 0 Å². The first-order valence-corrected chi connectivity index (χ1v) is 5.82. The lowest BCUT2D eigenvalue weighted by atomic mass is 9.93. The monoisotopic (exact) mass is 220 g/mol. The first-order chi connectivity index (χ1) is 7.56. The molecule has 0 spiro atoms. The van der Waals surface area contributed by atoms with E-state index in [0.29, 0.717) is 6.42 Å². The van der Waals surface area contributed by atoms with Crippen molar-refractivity contribution in [1.29, 1.82) is 5.26 Å². The number of nitrogens with zero attached hydrogens (tertiary/aromatic N) is 2. The average Bonchev–Trinajstić information content (AvgIpc) is 2.67. The van der Waals surface area contributed by atoms with Crippen LogP contribution in [0.15, 0.2) is 0 Å². The van der Waals surface area contributed by atoms with Crippen molar-refractivity contribution in [2.75, 3.05) is 0 Å². The van der Waals surface area contributed by atoms with Crippen molar-refractivity contribution in [2.24, 2.45) is 17.8 Å². The van der Waals surface area contributed by atoms with Crippen LogP contribution in [0, 0.1) is 29.1 Å². The van der Waals surface area contributed by atoms with Gasteiger partial charge in [-0.2, -0.15) is 5.26 Å². The van der Waals surface area contributed by atoms with E-state index in [2.05, 4.69) is 6.07 Å². The summed E-state index contributed by atoms with van der Waals surface area (Å²) >= 11 is 0. The molecule has 2 rings (SSSR count). The van der Waals surface area contributed by atoms with Gasteiger partial charge in [-0.05, 0) is 25.2 Å². The smallest absolute Gasteiger partial charge is 0.233 e. The number of nitriles is 1. The zero-order chi connectivity index (χ0) is 11.9. The summed E-state index contributed by atoms with van der Waals surface area (Å²) in [5.74, 6) is -0.289. The van der Waals surface area contributed by atoms with E-state index < -0.39 is 6.04 Å². The number of rotatable bonds is 2. The molecule has 0 aromatic heterocycles. The Morgan fingerprint density at radius 1 is 1.25 bits per heavy atom. The first kappa shape index (κ1) is 11.1. The van der Waals surface area contributed by atoms with Crippen LogP contribution in [0.1, 0.15) is 33.1 Å². The molecule has 2 amide bonds. The molecule has 0 aromatic rings. The molecule has 2 fully saturated rings. The standard InChI is InChI=1S/C12H16N2O2/c1-7(2)10(6-13)14-11(15)8-3-4-9(5-8)12(14)16/h7-10H,3-5H2,1-2H3. The van der Waals surface area contributed by atoms with Gasteiger partial charge in [0, 0.05) is 11.8 Å².